The third kappa shape index (κ3) is 1.83. The first-order valence-corrected chi connectivity index (χ1v) is 3.25. The molecule has 0 amide bonds. The van der Waals surface area contributed by atoms with E-state index in [9.17, 15) is 4.79 Å². The zero-order valence-corrected chi connectivity index (χ0v) is 6.35. The first kappa shape index (κ1) is 8.27. The molecule has 1 heterocycles. The molecular formula is C7H6N2O3. The Balaban J connectivity index is 2.57. The Hall–Kier alpha value is -1.83. The predicted octanol–water partition coefficient (Wildman–Crippen LogP) is 0.743. The quantitative estimate of drug-likeness (QED) is 0.605. The van der Waals surface area contributed by atoms with Crippen LogP contribution in [0, 0.1) is 11.3 Å². The number of hydrogen-bond donors (Lipinski definition) is 0. The molecule has 0 aliphatic rings. The van der Waals surface area contributed by atoms with Gasteiger partial charge >= 0.3 is 5.97 Å². The van der Waals surface area contributed by atoms with Crippen molar-refractivity contribution in [3.05, 3.63) is 18.0 Å². The second kappa shape index (κ2) is 3.53. The zero-order valence-electron chi connectivity index (χ0n) is 6.35. The highest BCUT2D eigenvalue weighted by molar-refractivity contribution is 5.86. The van der Waals surface area contributed by atoms with Gasteiger partial charge in [0.15, 0.2) is 6.10 Å². The molecule has 0 saturated carbocycles. The smallest absolute Gasteiger partial charge is 0.378 e. The van der Waals surface area contributed by atoms with E-state index in [2.05, 4.69) is 14.4 Å². The Kier molecular flexibility index (Phi) is 2.43. The van der Waals surface area contributed by atoms with Gasteiger partial charge < -0.3 is 9.26 Å². The van der Waals surface area contributed by atoms with Crippen LogP contribution in [0.1, 0.15) is 17.5 Å². The normalized spacial score (nSPS) is 11.7. The van der Waals surface area contributed by atoms with Crippen LogP contribution in [0.5, 0.6) is 0 Å². The Morgan fingerprint density at radius 3 is 3.17 bits per heavy atom. The average molecular weight is 166 g/mol. The molecule has 0 N–H and O–H groups in total. The second-order valence-corrected chi connectivity index (χ2v) is 2.05. The molecule has 0 radical (unpaired) electrons. The van der Waals surface area contributed by atoms with Crippen LogP contribution in [0.4, 0.5) is 0 Å². The highest BCUT2D eigenvalue weighted by Gasteiger charge is 2.14. The molecule has 0 fully saturated rings. The van der Waals surface area contributed by atoms with Crippen molar-refractivity contribution in [1.29, 1.82) is 5.26 Å². The van der Waals surface area contributed by atoms with Gasteiger partial charge in [0.25, 0.3) is 0 Å². The van der Waals surface area contributed by atoms with Crippen LogP contribution in [-0.2, 0) is 4.74 Å². The minimum absolute atomic E-state index is 0.00269. The minimum atomic E-state index is -0.775. The van der Waals surface area contributed by atoms with Crippen molar-refractivity contribution in [1.82, 2.24) is 5.16 Å². The summed E-state index contributed by atoms with van der Waals surface area (Å²) < 4.78 is 9.12. The lowest BCUT2D eigenvalue weighted by Crippen LogP contribution is -2.12. The summed E-state index contributed by atoms with van der Waals surface area (Å²) in [7, 11) is 0. The lowest BCUT2D eigenvalue weighted by Gasteiger charge is -2.01. The van der Waals surface area contributed by atoms with Gasteiger partial charge in [-0.3, -0.25) is 0 Å². The summed E-state index contributed by atoms with van der Waals surface area (Å²) in [5.74, 6) is -0.682. The molecule has 1 aromatic heterocycles. The van der Waals surface area contributed by atoms with Gasteiger partial charge in [0, 0.05) is 6.07 Å². The van der Waals surface area contributed by atoms with Crippen molar-refractivity contribution < 1.29 is 14.1 Å². The number of hydrogen-bond acceptors (Lipinski definition) is 5. The molecule has 12 heavy (non-hydrogen) atoms. The minimum Gasteiger partial charge on any atom is -0.441 e. The summed E-state index contributed by atoms with van der Waals surface area (Å²) in [4.78, 5) is 11.0. The van der Waals surface area contributed by atoms with E-state index in [0.29, 0.717) is 0 Å². The third-order valence-corrected chi connectivity index (χ3v) is 1.10. The molecule has 0 aliphatic heterocycles. The van der Waals surface area contributed by atoms with Crippen LogP contribution in [0.3, 0.4) is 0 Å². The van der Waals surface area contributed by atoms with Gasteiger partial charge in [-0.25, -0.2) is 4.79 Å². The van der Waals surface area contributed by atoms with Gasteiger partial charge in [0.05, 0.1) is 6.20 Å². The summed E-state index contributed by atoms with van der Waals surface area (Å²) in [5.41, 5.74) is 0. The predicted molar refractivity (Wildman–Crippen MR) is 37.0 cm³/mol. The van der Waals surface area contributed by atoms with Crippen molar-refractivity contribution in [2.45, 2.75) is 13.0 Å². The number of carbonyl (C=O) groups is 1. The number of aromatic nitrogens is 1. The number of esters is 1. The molecule has 5 heteroatoms. The molecule has 62 valence electrons. The molecule has 1 atom stereocenters. The number of ether oxygens (including phenoxy) is 1. The highest BCUT2D eigenvalue weighted by Crippen LogP contribution is 2.01. The summed E-state index contributed by atoms with van der Waals surface area (Å²) in [6.07, 6.45) is 0.552. The Labute approximate surface area is 68.5 Å². The standard InChI is InChI=1S/C7H6N2O3/c1-5(4-8)11-7(10)6-2-3-9-12-6/h2-3,5H,1H3. The topological polar surface area (TPSA) is 76.1 Å². The van der Waals surface area contributed by atoms with E-state index >= 15 is 0 Å². The Morgan fingerprint density at radius 1 is 1.92 bits per heavy atom. The van der Waals surface area contributed by atoms with Crippen molar-refractivity contribution in [2.24, 2.45) is 0 Å². The van der Waals surface area contributed by atoms with Crippen molar-refractivity contribution in [3.63, 3.8) is 0 Å². The van der Waals surface area contributed by atoms with Crippen LogP contribution < -0.4 is 0 Å². The van der Waals surface area contributed by atoms with Crippen molar-refractivity contribution >= 4 is 5.97 Å². The molecule has 5 nitrogen and oxygen atoms in total. The average Bonchev–Trinajstić information content (AvgIpc) is 2.56. The van der Waals surface area contributed by atoms with Gasteiger partial charge in [0.2, 0.25) is 5.76 Å². The van der Waals surface area contributed by atoms with E-state index in [-0.39, 0.29) is 5.76 Å². The fourth-order valence-electron chi connectivity index (χ4n) is 0.566. The van der Waals surface area contributed by atoms with E-state index in [4.69, 9.17) is 5.26 Å². The van der Waals surface area contributed by atoms with Crippen LogP contribution in [0.25, 0.3) is 0 Å². The largest absolute Gasteiger partial charge is 0.441 e. The molecule has 1 rings (SSSR count). The van der Waals surface area contributed by atoms with Crippen LogP contribution >= 0.6 is 0 Å². The van der Waals surface area contributed by atoms with Crippen LogP contribution in [0.15, 0.2) is 16.8 Å². The number of carbonyl (C=O) groups excluding carboxylic acids is 1. The molecular weight excluding hydrogens is 160 g/mol. The Morgan fingerprint density at radius 2 is 2.67 bits per heavy atom. The number of rotatable bonds is 2. The maximum absolute atomic E-state index is 11.0. The number of nitriles is 1. The monoisotopic (exact) mass is 166 g/mol. The highest BCUT2D eigenvalue weighted by atomic mass is 16.6. The summed E-state index contributed by atoms with van der Waals surface area (Å²) >= 11 is 0. The zero-order chi connectivity index (χ0) is 8.97. The lowest BCUT2D eigenvalue weighted by molar-refractivity contribution is 0.0388. The summed E-state index contributed by atoms with van der Waals surface area (Å²) in [5, 5.41) is 11.6. The van der Waals surface area contributed by atoms with E-state index < -0.39 is 12.1 Å². The second-order valence-electron chi connectivity index (χ2n) is 2.05. The first-order chi connectivity index (χ1) is 5.74. The molecule has 0 spiro atoms. The van der Waals surface area contributed by atoms with Gasteiger partial charge in [-0.05, 0) is 6.92 Å². The van der Waals surface area contributed by atoms with Gasteiger partial charge in [-0.15, -0.1) is 0 Å². The molecule has 1 unspecified atom stereocenters. The maximum Gasteiger partial charge on any atom is 0.378 e. The van der Waals surface area contributed by atoms with Crippen LogP contribution in [-0.4, -0.2) is 17.2 Å². The molecule has 0 bridgehead atoms. The van der Waals surface area contributed by atoms with Crippen LogP contribution in [0.2, 0.25) is 0 Å². The fourth-order valence-corrected chi connectivity index (χ4v) is 0.566. The van der Waals surface area contributed by atoms with E-state index in [1.54, 1.807) is 6.07 Å². The maximum atomic E-state index is 11.0. The van der Waals surface area contributed by atoms with E-state index in [1.807, 2.05) is 0 Å². The van der Waals surface area contributed by atoms with E-state index in [1.165, 1.54) is 19.2 Å². The third-order valence-electron chi connectivity index (χ3n) is 1.10. The fraction of sp³-hybridized carbons (Fsp3) is 0.286. The molecule has 0 saturated heterocycles. The van der Waals surface area contributed by atoms with E-state index in [0.717, 1.165) is 0 Å². The van der Waals surface area contributed by atoms with Gasteiger partial charge in [0.1, 0.15) is 6.07 Å². The summed E-state index contributed by atoms with van der Waals surface area (Å²) in [6, 6.07) is 3.12. The molecule has 0 aliphatic carbocycles. The Bertz CT molecular complexity index is 299. The van der Waals surface area contributed by atoms with Gasteiger partial charge in [-0.2, -0.15) is 5.26 Å². The SMILES string of the molecule is CC(C#N)OC(=O)c1ccno1. The lowest BCUT2D eigenvalue weighted by atomic mass is 10.4. The number of nitrogens with zero attached hydrogens (tertiary/aromatic N) is 2. The molecule has 1 aromatic rings. The van der Waals surface area contributed by atoms with Crippen molar-refractivity contribution in [2.75, 3.05) is 0 Å². The van der Waals surface area contributed by atoms with Crippen molar-refractivity contribution in [3.8, 4) is 6.07 Å². The molecule has 0 aromatic carbocycles. The summed E-state index contributed by atoms with van der Waals surface area (Å²) in [6.45, 7) is 1.47. The first-order valence-electron chi connectivity index (χ1n) is 3.25. The van der Waals surface area contributed by atoms with Gasteiger partial charge in [-0.1, -0.05) is 5.16 Å².